The highest BCUT2D eigenvalue weighted by Crippen LogP contribution is 2.19. The average molecular weight is 265 g/mol. The Morgan fingerprint density at radius 1 is 1.32 bits per heavy atom. The molecule has 1 N–H and O–H groups in total. The Morgan fingerprint density at radius 3 is 2.68 bits per heavy atom. The van der Waals surface area contributed by atoms with E-state index in [1.807, 2.05) is 25.1 Å². The number of ether oxygens (including phenoxy) is 2. The van der Waals surface area contributed by atoms with Crippen LogP contribution in [0.3, 0.4) is 0 Å². The zero-order valence-corrected chi connectivity index (χ0v) is 12.1. The topological polar surface area (TPSA) is 47.6 Å². The van der Waals surface area contributed by atoms with Crippen LogP contribution >= 0.6 is 0 Å². The second-order valence-electron chi connectivity index (χ2n) is 4.94. The van der Waals surface area contributed by atoms with Gasteiger partial charge in [-0.25, -0.2) is 0 Å². The van der Waals surface area contributed by atoms with Crippen LogP contribution in [0, 0.1) is 0 Å². The second kappa shape index (κ2) is 7.79. The first-order valence-electron chi connectivity index (χ1n) is 6.54. The fraction of sp³-hybridized carbons (Fsp3) is 0.533. The number of methoxy groups -OCH3 is 1. The first kappa shape index (κ1) is 15.5. The highest BCUT2D eigenvalue weighted by molar-refractivity contribution is 5.77. The molecule has 1 aromatic carbocycles. The van der Waals surface area contributed by atoms with Crippen LogP contribution in [0.1, 0.15) is 32.3 Å². The molecule has 1 amide bonds. The summed E-state index contributed by atoms with van der Waals surface area (Å²) in [7, 11) is 1.61. The van der Waals surface area contributed by atoms with Crippen molar-refractivity contribution in [2.24, 2.45) is 0 Å². The minimum atomic E-state index is -0.139. The van der Waals surface area contributed by atoms with Crippen LogP contribution < -0.4 is 10.1 Å². The van der Waals surface area contributed by atoms with Gasteiger partial charge in [0.05, 0.1) is 6.61 Å². The summed E-state index contributed by atoms with van der Waals surface area (Å²) in [6.45, 7) is 6.65. The van der Waals surface area contributed by atoms with E-state index in [1.54, 1.807) is 7.11 Å². The number of benzene rings is 1. The van der Waals surface area contributed by atoms with E-state index in [2.05, 4.69) is 25.2 Å². The molecule has 0 aliphatic heterocycles. The van der Waals surface area contributed by atoms with Gasteiger partial charge in [0.2, 0.25) is 0 Å². The fourth-order valence-corrected chi connectivity index (χ4v) is 1.72. The molecule has 4 nitrogen and oxygen atoms in total. The van der Waals surface area contributed by atoms with E-state index < -0.39 is 0 Å². The molecular formula is C15H23NO3. The molecule has 0 aliphatic carbocycles. The summed E-state index contributed by atoms with van der Waals surface area (Å²) < 4.78 is 10.4. The molecule has 19 heavy (non-hydrogen) atoms. The van der Waals surface area contributed by atoms with E-state index in [0.29, 0.717) is 12.5 Å². The Hall–Kier alpha value is -1.55. The van der Waals surface area contributed by atoms with Crippen molar-refractivity contribution in [3.05, 3.63) is 29.8 Å². The summed E-state index contributed by atoms with van der Waals surface area (Å²) in [6, 6.07) is 7.81. The molecule has 1 atom stereocenters. The van der Waals surface area contributed by atoms with Crippen LogP contribution in [0.25, 0.3) is 0 Å². The van der Waals surface area contributed by atoms with Crippen molar-refractivity contribution in [2.75, 3.05) is 20.3 Å². The molecule has 0 aliphatic rings. The lowest BCUT2D eigenvalue weighted by Crippen LogP contribution is -2.38. The highest BCUT2D eigenvalue weighted by Gasteiger charge is 2.08. The molecule has 0 heterocycles. The van der Waals surface area contributed by atoms with Gasteiger partial charge in [0.1, 0.15) is 5.75 Å². The van der Waals surface area contributed by atoms with E-state index >= 15 is 0 Å². The first-order chi connectivity index (χ1) is 9.02. The lowest BCUT2D eigenvalue weighted by Gasteiger charge is -2.14. The molecule has 1 aromatic rings. The monoisotopic (exact) mass is 265 g/mol. The van der Waals surface area contributed by atoms with Crippen molar-refractivity contribution in [2.45, 2.75) is 32.7 Å². The van der Waals surface area contributed by atoms with Gasteiger partial charge in [-0.2, -0.15) is 0 Å². The molecule has 0 bridgehead atoms. The van der Waals surface area contributed by atoms with Gasteiger partial charge >= 0.3 is 0 Å². The minimum absolute atomic E-state index is 0.0110. The normalized spacial score (nSPS) is 12.3. The van der Waals surface area contributed by atoms with Crippen LogP contribution in [0.4, 0.5) is 0 Å². The van der Waals surface area contributed by atoms with Gasteiger partial charge < -0.3 is 14.8 Å². The number of hydrogen-bond donors (Lipinski definition) is 1. The summed E-state index contributed by atoms with van der Waals surface area (Å²) in [4.78, 5) is 11.6. The van der Waals surface area contributed by atoms with E-state index in [1.165, 1.54) is 5.56 Å². The van der Waals surface area contributed by atoms with Gasteiger partial charge in [-0.1, -0.05) is 26.0 Å². The molecule has 0 spiro atoms. The van der Waals surface area contributed by atoms with Gasteiger partial charge in [-0.05, 0) is 30.5 Å². The maximum Gasteiger partial charge on any atom is 0.258 e. The predicted octanol–water partition coefficient (Wildman–Crippen LogP) is 2.34. The Bertz CT molecular complexity index is 404. The predicted molar refractivity (Wildman–Crippen MR) is 75.5 cm³/mol. The van der Waals surface area contributed by atoms with Crippen molar-refractivity contribution < 1.29 is 14.3 Å². The summed E-state index contributed by atoms with van der Waals surface area (Å²) in [5.41, 5.74) is 1.20. The second-order valence-corrected chi connectivity index (χ2v) is 4.94. The third kappa shape index (κ3) is 5.75. The Morgan fingerprint density at radius 2 is 2.05 bits per heavy atom. The van der Waals surface area contributed by atoms with E-state index in [4.69, 9.17) is 9.47 Å². The van der Waals surface area contributed by atoms with Crippen LogP contribution in [-0.4, -0.2) is 32.3 Å². The van der Waals surface area contributed by atoms with Gasteiger partial charge in [-0.15, -0.1) is 0 Å². The molecule has 1 rings (SSSR count). The smallest absolute Gasteiger partial charge is 0.258 e. The summed E-state index contributed by atoms with van der Waals surface area (Å²) >= 11 is 0. The van der Waals surface area contributed by atoms with Crippen molar-refractivity contribution in [3.63, 3.8) is 0 Å². The molecule has 0 aromatic heterocycles. The molecular weight excluding hydrogens is 242 g/mol. The number of carbonyl (C=O) groups is 1. The lowest BCUT2D eigenvalue weighted by molar-refractivity contribution is -0.124. The van der Waals surface area contributed by atoms with E-state index in [0.717, 1.165) is 5.75 Å². The lowest BCUT2D eigenvalue weighted by atomic mass is 10.0. The summed E-state index contributed by atoms with van der Waals surface area (Å²) in [6.07, 6.45) is 0. The number of hydrogen-bond acceptors (Lipinski definition) is 3. The molecule has 4 heteroatoms. The van der Waals surface area contributed by atoms with Crippen molar-refractivity contribution >= 4 is 5.91 Å². The van der Waals surface area contributed by atoms with Gasteiger partial charge in [0, 0.05) is 13.2 Å². The Kier molecular flexibility index (Phi) is 6.36. The standard InChI is InChI=1S/C15H23NO3/c1-11(2)13-6-5-7-14(8-13)19-10-15(17)16-12(3)9-18-4/h5-8,11-12H,9-10H2,1-4H3,(H,16,17). The van der Waals surface area contributed by atoms with Crippen LogP contribution in [-0.2, 0) is 9.53 Å². The number of carbonyl (C=O) groups excluding carboxylic acids is 1. The Labute approximate surface area is 115 Å². The van der Waals surface area contributed by atoms with Crippen molar-refractivity contribution in [1.29, 1.82) is 0 Å². The quantitative estimate of drug-likeness (QED) is 0.823. The van der Waals surface area contributed by atoms with Crippen LogP contribution in [0.15, 0.2) is 24.3 Å². The number of rotatable bonds is 7. The molecule has 0 saturated carbocycles. The highest BCUT2D eigenvalue weighted by atomic mass is 16.5. The largest absolute Gasteiger partial charge is 0.484 e. The van der Waals surface area contributed by atoms with E-state index in [9.17, 15) is 4.79 Å². The number of nitrogens with one attached hydrogen (secondary N) is 1. The molecule has 0 saturated heterocycles. The SMILES string of the molecule is COCC(C)NC(=O)COc1cccc(C(C)C)c1. The van der Waals surface area contributed by atoms with Gasteiger partial charge in [0.25, 0.3) is 5.91 Å². The summed E-state index contributed by atoms with van der Waals surface area (Å²) in [5, 5.41) is 2.80. The van der Waals surface area contributed by atoms with Crippen LogP contribution in [0.2, 0.25) is 0 Å². The van der Waals surface area contributed by atoms with Crippen LogP contribution in [0.5, 0.6) is 5.75 Å². The van der Waals surface area contributed by atoms with Crippen molar-refractivity contribution in [3.8, 4) is 5.75 Å². The fourth-order valence-electron chi connectivity index (χ4n) is 1.72. The number of amides is 1. The van der Waals surface area contributed by atoms with Crippen molar-refractivity contribution in [1.82, 2.24) is 5.32 Å². The molecule has 1 unspecified atom stereocenters. The van der Waals surface area contributed by atoms with Gasteiger partial charge in [0.15, 0.2) is 6.61 Å². The zero-order chi connectivity index (χ0) is 14.3. The maximum atomic E-state index is 11.6. The first-order valence-corrected chi connectivity index (χ1v) is 6.54. The zero-order valence-electron chi connectivity index (χ0n) is 12.1. The third-order valence-corrected chi connectivity index (χ3v) is 2.72. The average Bonchev–Trinajstić information content (AvgIpc) is 2.37. The molecule has 0 fully saturated rings. The minimum Gasteiger partial charge on any atom is -0.484 e. The Balaban J connectivity index is 2.43. The van der Waals surface area contributed by atoms with Gasteiger partial charge in [-0.3, -0.25) is 4.79 Å². The molecule has 106 valence electrons. The third-order valence-electron chi connectivity index (χ3n) is 2.72. The molecule has 0 radical (unpaired) electrons. The van der Waals surface area contributed by atoms with E-state index in [-0.39, 0.29) is 18.6 Å². The maximum absolute atomic E-state index is 11.6. The summed E-state index contributed by atoms with van der Waals surface area (Å²) in [5.74, 6) is 1.03.